The van der Waals surface area contributed by atoms with E-state index in [9.17, 15) is 14.9 Å². The molecule has 0 radical (unpaired) electrons. The predicted octanol–water partition coefficient (Wildman–Crippen LogP) is 1.31. The zero-order valence-corrected chi connectivity index (χ0v) is 10.7. The molecule has 2 N–H and O–H groups in total. The van der Waals surface area contributed by atoms with E-state index >= 15 is 0 Å². The van der Waals surface area contributed by atoms with Crippen molar-refractivity contribution >= 4 is 27.8 Å². The van der Waals surface area contributed by atoms with Gasteiger partial charge in [0.2, 0.25) is 10.8 Å². The average Bonchev–Trinajstić information content (AvgIpc) is 2.83. The van der Waals surface area contributed by atoms with E-state index in [4.69, 9.17) is 5.73 Å². The largest absolute Gasteiger partial charge is 0.378 e. The van der Waals surface area contributed by atoms with Crippen LogP contribution < -0.4 is 11.3 Å². The third-order valence-electron chi connectivity index (χ3n) is 2.62. The molecule has 0 spiro atoms. The third kappa shape index (κ3) is 1.80. The van der Waals surface area contributed by atoms with Gasteiger partial charge in [-0.25, -0.2) is 0 Å². The van der Waals surface area contributed by atoms with Crippen LogP contribution >= 0.6 is 11.3 Å². The molecular weight excluding hydrogens is 282 g/mol. The topological polar surface area (TPSA) is 116 Å². The second-order valence-corrected chi connectivity index (χ2v) is 4.83. The van der Waals surface area contributed by atoms with Gasteiger partial charge in [0, 0.05) is 5.56 Å². The van der Waals surface area contributed by atoms with Crippen molar-refractivity contribution in [3.05, 3.63) is 50.8 Å². The smallest absolute Gasteiger partial charge is 0.377 e. The van der Waals surface area contributed by atoms with E-state index in [0.717, 1.165) is 21.4 Å². The van der Waals surface area contributed by atoms with E-state index in [1.165, 1.54) is 0 Å². The van der Waals surface area contributed by atoms with Crippen LogP contribution in [0.4, 0.5) is 11.5 Å². The maximum absolute atomic E-state index is 12.0. The highest BCUT2D eigenvalue weighted by atomic mass is 32.1. The zero-order valence-electron chi connectivity index (χ0n) is 9.89. The first-order valence-corrected chi connectivity index (χ1v) is 6.29. The van der Waals surface area contributed by atoms with Gasteiger partial charge in [0.15, 0.2) is 0 Å². The summed E-state index contributed by atoms with van der Waals surface area (Å²) in [5, 5.41) is 15.4. The quantitative estimate of drug-likeness (QED) is 0.561. The fourth-order valence-electron chi connectivity index (χ4n) is 1.72. The molecule has 20 heavy (non-hydrogen) atoms. The van der Waals surface area contributed by atoms with Gasteiger partial charge in [0.05, 0.1) is 4.92 Å². The Balaban J connectivity index is 2.30. The Morgan fingerprint density at radius 1 is 1.30 bits per heavy atom. The number of nitrogens with zero attached hydrogens (tertiary/aromatic N) is 4. The highest BCUT2D eigenvalue weighted by Gasteiger charge is 2.23. The van der Waals surface area contributed by atoms with Crippen LogP contribution in [-0.4, -0.2) is 19.5 Å². The lowest BCUT2D eigenvalue weighted by Crippen LogP contribution is -2.20. The number of nitrogen functional groups attached to an aromatic ring is 1. The second kappa shape index (κ2) is 4.38. The van der Waals surface area contributed by atoms with Crippen molar-refractivity contribution in [1.82, 2.24) is 14.6 Å². The van der Waals surface area contributed by atoms with Crippen molar-refractivity contribution in [1.29, 1.82) is 0 Å². The Morgan fingerprint density at radius 3 is 2.65 bits per heavy atom. The lowest BCUT2D eigenvalue weighted by atomic mass is 10.2. The molecule has 2 aromatic heterocycles. The van der Waals surface area contributed by atoms with Crippen molar-refractivity contribution < 1.29 is 4.92 Å². The molecule has 100 valence electrons. The van der Waals surface area contributed by atoms with Gasteiger partial charge in [-0.3, -0.25) is 14.9 Å². The maximum atomic E-state index is 12.0. The minimum absolute atomic E-state index is 0.219. The highest BCUT2D eigenvalue weighted by molar-refractivity contribution is 7.19. The minimum Gasteiger partial charge on any atom is -0.378 e. The summed E-state index contributed by atoms with van der Waals surface area (Å²) in [5.74, 6) is -0.400. The molecule has 0 saturated carbocycles. The van der Waals surface area contributed by atoms with Crippen LogP contribution in [-0.2, 0) is 0 Å². The van der Waals surface area contributed by atoms with Crippen LogP contribution in [0.3, 0.4) is 0 Å². The van der Waals surface area contributed by atoms with Crippen LogP contribution in [0.25, 0.3) is 15.5 Å². The first-order chi connectivity index (χ1) is 9.58. The summed E-state index contributed by atoms with van der Waals surface area (Å²) in [6.07, 6.45) is 0. The summed E-state index contributed by atoms with van der Waals surface area (Å²) in [4.78, 5) is 26.0. The fraction of sp³-hybridized carbons (Fsp3) is 0. The van der Waals surface area contributed by atoms with Crippen molar-refractivity contribution in [3.63, 3.8) is 0 Å². The molecule has 2 heterocycles. The number of hydrogen-bond donors (Lipinski definition) is 1. The first kappa shape index (κ1) is 12.2. The summed E-state index contributed by atoms with van der Waals surface area (Å²) < 4.78 is 0.904. The van der Waals surface area contributed by atoms with E-state index in [2.05, 4.69) is 10.1 Å². The number of nitrogens with two attached hydrogens (primary N) is 1. The monoisotopic (exact) mass is 289 g/mol. The normalized spacial score (nSPS) is 10.8. The summed E-state index contributed by atoms with van der Waals surface area (Å²) in [6, 6.07) is 9.15. The summed E-state index contributed by atoms with van der Waals surface area (Å²) in [5.41, 5.74) is 4.61. The van der Waals surface area contributed by atoms with Gasteiger partial charge in [-0.2, -0.15) is 14.6 Å². The molecule has 0 bridgehead atoms. The standard InChI is InChI=1S/C11H7N5O3S/c12-8-7(16(18)19)10(17)15-11(13-8)20-9(14-15)6-4-2-1-3-5-6/h1-5H,12H2. The van der Waals surface area contributed by atoms with E-state index < -0.39 is 22.0 Å². The number of fused-ring (bicyclic) bond motifs is 1. The van der Waals surface area contributed by atoms with Crippen molar-refractivity contribution in [3.8, 4) is 10.6 Å². The van der Waals surface area contributed by atoms with Gasteiger partial charge in [-0.15, -0.1) is 0 Å². The molecule has 3 rings (SSSR count). The van der Waals surface area contributed by atoms with Crippen molar-refractivity contribution in [2.24, 2.45) is 0 Å². The SMILES string of the molecule is Nc1nc2sc(-c3ccccc3)nn2c(=O)c1[N+](=O)[O-]. The van der Waals surface area contributed by atoms with Crippen molar-refractivity contribution in [2.75, 3.05) is 5.73 Å². The van der Waals surface area contributed by atoms with Gasteiger partial charge in [-0.1, -0.05) is 41.7 Å². The number of rotatable bonds is 2. The lowest BCUT2D eigenvalue weighted by Gasteiger charge is -1.94. The predicted molar refractivity (Wildman–Crippen MR) is 73.6 cm³/mol. The molecular formula is C11H7N5O3S. The van der Waals surface area contributed by atoms with Crippen molar-refractivity contribution in [2.45, 2.75) is 0 Å². The van der Waals surface area contributed by atoms with Crippen LogP contribution in [0, 0.1) is 10.1 Å². The molecule has 0 unspecified atom stereocenters. The van der Waals surface area contributed by atoms with E-state index in [1.807, 2.05) is 30.3 Å². The van der Waals surface area contributed by atoms with E-state index in [-0.39, 0.29) is 4.96 Å². The highest BCUT2D eigenvalue weighted by Crippen LogP contribution is 2.25. The molecule has 0 atom stereocenters. The number of hydrogen-bond acceptors (Lipinski definition) is 7. The first-order valence-electron chi connectivity index (χ1n) is 5.47. The molecule has 0 aliphatic heterocycles. The van der Waals surface area contributed by atoms with Crippen LogP contribution in [0.2, 0.25) is 0 Å². The van der Waals surface area contributed by atoms with Crippen LogP contribution in [0.15, 0.2) is 35.1 Å². The van der Waals surface area contributed by atoms with Crippen LogP contribution in [0.1, 0.15) is 0 Å². The summed E-state index contributed by atoms with van der Waals surface area (Å²) >= 11 is 1.14. The minimum atomic E-state index is -0.879. The maximum Gasteiger partial charge on any atom is 0.377 e. The number of anilines is 1. The molecule has 0 aliphatic carbocycles. The van der Waals surface area contributed by atoms with Crippen LogP contribution in [0.5, 0.6) is 0 Å². The molecule has 8 nitrogen and oxygen atoms in total. The van der Waals surface area contributed by atoms with Gasteiger partial charge < -0.3 is 5.73 Å². The van der Waals surface area contributed by atoms with E-state index in [1.54, 1.807) is 0 Å². The molecule has 0 amide bonds. The summed E-state index contributed by atoms with van der Waals surface area (Å²) in [7, 11) is 0. The van der Waals surface area contributed by atoms with Gasteiger partial charge in [0.25, 0.3) is 0 Å². The number of nitro groups is 1. The molecule has 0 saturated heterocycles. The Hall–Kier alpha value is -2.81. The Labute approximate surface area is 115 Å². The molecule has 9 heteroatoms. The fourth-order valence-corrected chi connectivity index (χ4v) is 2.62. The third-order valence-corrected chi connectivity index (χ3v) is 3.57. The Kier molecular flexibility index (Phi) is 2.68. The molecule has 3 aromatic rings. The second-order valence-electron chi connectivity index (χ2n) is 3.88. The van der Waals surface area contributed by atoms with Gasteiger partial charge in [-0.05, 0) is 0 Å². The Morgan fingerprint density at radius 2 is 2.00 bits per heavy atom. The van der Waals surface area contributed by atoms with Gasteiger partial charge in [0.1, 0.15) is 5.01 Å². The number of aromatic nitrogens is 3. The average molecular weight is 289 g/mol. The zero-order chi connectivity index (χ0) is 14.3. The molecule has 0 aliphatic rings. The van der Waals surface area contributed by atoms with Gasteiger partial charge >= 0.3 is 11.2 Å². The lowest BCUT2D eigenvalue weighted by molar-refractivity contribution is -0.385. The number of benzene rings is 1. The Bertz CT molecular complexity index is 871. The van der Waals surface area contributed by atoms with E-state index in [0.29, 0.717) is 5.01 Å². The molecule has 1 aromatic carbocycles. The molecule has 0 fully saturated rings. The summed E-state index contributed by atoms with van der Waals surface area (Å²) in [6.45, 7) is 0.